The van der Waals surface area contributed by atoms with Crippen molar-refractivity contribution in [2.24, 2.45) is 4.99 Å². The minimum Gasteiger partial charge on any atom is -0.370 e. The van der Waals surface area contributed by atoms with E-state index in [0.717, 1.165) is 17.2 Å². The molecule has 3 nitrogen and oxygen atoms in total. The Balaban J connectivity index is 1.38. The van der Waals surface area contributed by atoms with Gasteiger partial charge in [-0.3, -0.25) is 4.40 Å². The highest BCUT2D eigenvalue weighted by atomic mass is 32.1. The molecule has 3 aromatic heterocycles. The summed E-state index contributed by atoms with van der Waals surface area (Å²) in [6.45, 7) is 0. The van der Waals surface area contributed by atoms with Gasteiger partial charge in [0.2, 0.25) is 0 Å². The van der Waals surface area contributed by atoms with E-state index in [0.29, 0.717) is 0 Å². The Kier molecular flexibility index (Phi) is 3.87. The minimum absolute atomic E-state index is 0.0864. The molecule has 0 bridgehead atoms. The number of anilines is 1. The molecule has 0 radical (unpaired) electrons. The lowest BCUT2D eigenvalue weighted by Crippen LogP contribution is -2.29. The molecule has 8 aromatic rings. The van der Waals surface area contributed by atoms with Gasteiger partial charge in [0.05, 0.1) is 33.2 Å². The van der Waals surface area contributed by atoms with Gasteiger partial charge in [0.25, 0.3) is 0 Å². The standard InChI is InChI=1S/C36H21N3S/c1-2-8-21-17-22(14-13-20(21)7-1)23-18-27-25-15-16-26-24-9-3-6-12-31(24)40-35(26)34(25)39-33(27)28(19-23)32-36(39)38-30-11-5-4-10-29(30)37-32/h1-19,29,37H. The Labute approximate surface area is 233 Å². The maximum absolute atomic E-state index is 5.30. The maximum atomic E-state index is 5.30. The van der Waals surface area contributed by atoms with E-state index in [1.165, 1.54) is 69.3 Å². The van der Waals surface area contributed by atoms with Crippen LogP contribution in [0.15, 0.2) is 120 Å². The molecular formula is C36H21N3S. The van der Waals surface area contributed by atoms with E-state index in [1.54, 1.807) is 0 Å². The second-order valence-corrected chi connectivity index (χ2v) is 11.9. The van der Waals surface area contributed by atoms with Gasteiger partial charge < -0.3 is 5.32 Å². The number of aromatic nitrogens is 1. The summed E-state index contributed by atoms with van der Waals surface area (Å²) < 4.78 is 5.07. The van der Waals surface area contributed by atoms with Crippen LogP contribution < -0.4 is 5.32 Å². The van der Waals surface area contributed by atoms with Gasteiger partial charge in [0.15, 0.2) is 5.82 Å². The average Bonchev–Trinajstić information content (AvgIpc) is 3.65. The van der Waals surface area contributed by atoms with Crippen molar-refractivity contribution < 1.29 is 0 Å². The molecule has 1 unspecified atom stereocenters. The first-order valence-electron chi connectivity index (χ1n) is 13.7. The zero-order valence-corrected chi connectivity index (χ0v) is 22.2. The van der Waals surface area contributed by atoms with Gasteiger partial charge >= 0.3 is 0 Å². The van der Waals surface area contributed by atoms with E-state index in [1.807, 2.05) is 11.3 Å². The molecule has 0 spiro atoms. The van der Waals surface area contributed by atoms with Gasteiger partial charge in [0.1, 0.15) is 0 Å². The summed E-state index contributed by atoms with van der Waals surface area (Å²) in [5.41, 5.74) is 7.15. The van der Waals surface area contributed by atoms with Gasteiger partial charge in [-0.15, -0.1) is 11.3 Å². The Morgan fingerprint density at radius 1 is 0.675 bits per heavy atom. The number of allylic oxidation sites excluding steroid dienone is 2. The van der Waals surface area contributed by atoms with Crippen molar-refractivity contribution in [1.82, 2.24) is 4.40 Å². The van der Waals surface area contributed by atoms with E-state index >= 15 is 0 Å². The normalized spacial score (nSPS) is 16.4. The number of nitrogens with one attached hydrogen (secondary N) is 1. The van der Waals surface area contributed by atoms with Crippen molar-refractivity contribution in [3.8, 4) is 11.1 Å². The number of hydrogen-bond donors (Lipinski definition) is 1. The van der Waals surface area contributed by atoms with Crippen LogP contribution in [0.4, 0.5) is 11.5 Å². The first kappa shape index (κ1) is 21.0. The largest absolute Gasteiger partial charge is 0.370 e. The van der Waals surface area contributed by atoms with Crippen molar-refractivity contribution in [1.29, 1.82) is 0 Å². The van der Waals surface area contributed by atoms with Crippen LogP contribution in [-0.4, -0.2) is 16.2 Å². The highest BCUT2D eigenvalue weighted by Crippen LogP contribution is 2.50. The molecule has 10 rings (SSSR count). The van der Waals surface area contributed by atoms with Gasteiger partial charge in [-0.2, -0.15) is 0 Å². The lowest BCUT2D eigenvalue weighted by Gasteiger charge is -2.23. The average molecular weight is 528 g/mol. The molecule has 1 aliphatic carbocycles. The number of benzene rings is 5. The summed E-state index contributed by atoms with van der Waals surface area (Å²) in [4.78, 5) is 5.30. The van der Waals surface area contributed by atoms with Crippen molar-refractivity contribution in [2.45, 2.75) is 6.04 Å². The minimum atomic E-state index is 0.0864. The molecule has 0 saturated carbocycles. The van der Waals surface area contributed by atoms with Crippen LogP contribution in [0.25, 0.3) is 69.3 Å². The van der Waals surface area contributed by atoms with Crippen molar-refractivity contribution in [3.05, 3.63) is 115 Å². The zero-order valence-electron chi connectivity index (χ0n) is 21.3. The summed E-state index contributed by atoms with van der Waals surface area (Å²) in [7, 11) is 0. The second-order valence-electron chi connectivity index (χ2n) is 10.9. The highest BCUT2D eigenvalue weighted by Gasteiger charge is 2.29. The molecule has 0 amide bonds. The summed E-state index contributed by atoms with van der Waals surface area (Å²) >= 11 is 1.89. The van der Waals surface area contributed by atoms with Crippen molar-refractivity contribution >= 4 is 86.7 Å². The van der Waals surface area contributed by atoms with Gasteiger partial charge in [-0.05, 0) is 52.2 Å². The summed E-state index contributed by atoms with van der Waals surface area (Å²) in [5, 5.41) is 12.8. The number of aliphatic imine (C=N–C) groups is 1. The molecule has 40 heavy (non-hydrogen) atoms. The molecule has 186 valence electrons. The van der Waals surface area contributed by atoms with E-state index in [-0.39, 0.29) is 6.04 Å². The predicted molar refractivity (Wildman–Crippen MR) is 172 cm³/mol. The Hall–Kier alpha value is -4.93. The molecule has 0 fully saturated rings. The smallest absolute Gasteiger partial charge is 0.162 e. The molecule has 2 aliphatic rings. The third kappa shape index (κ3) is 2.61. The number of fused-ring (bicyclic) bond motifs is 12. The van der Waals surface area contributed by atoms with Crippen LogP contribution in [-0.2, 0) is 0 Å². The number of hydrogen-bond acceptors (Lipinski definition) is 3. The first-order valence-corrected chi connectivity index (χ1v) is 14.5. The topological polar surface area (TPSA) is 28.8 Å². The Morgan fingerprint density at radius 3 is 2.50 bits per heavy atom. The fourth-order valence-corrected chi connectivity index (χ4v) is 8.10. The van der Waals surface area contributed by atoms with Gasteiger partial charge in [-0.1, -0.05) is 85.0 Å². The number of nitrogens with zero attached hydrogens (tertiary/aromatic N) is 2. The van der Waals surface area contributed by atoms with Crippen LogP contribution >= 0.6 is 11.3 Å². The summed E-state index contributed by atoms with van der Waals surface area (Å²) in [5.74, 6) is 1.00. The molecule has 1 atom stereocenters. The highest BCUT2D eigenvalue weighted by molar-refractivity contribution is 7.26. The molecule has 0 saturated heterocycles. The Morgan fingerprint density at radius 2 is 1.52 bits per heavy atom. The van der Waals surface area contributed by atoms with Crippen LogP contribution in [0.3, 0.4) is 0 Å². The van der Waals surface area contributed by atoms with Crippen LogP contribution in [0.1, 0.15) is 0 Å². The maximum Gasteiger partial charge on any atom is 0.162 e. The molecular weight excluding hydrogens is 506 g/mol. The van der Waals surface area contributed by atoms with Crippen LogP contribution in [0.5, 0.6) is 0 Å². The molecule has 1 N–H and O–H groups in total. The number of rotatable bonds is 1. The molecule has 5 aromatic carbocycles. The molecule has 4 heteroatoms. The van der Waals surface area contributed by atoms with E-state index in [4.69, 9.17) is 4.99 Å². The molecule has 1 aliphatic heterocycles. The predicted octanol–water partition coefficient (Wildman–Crippen LogP) is 9.86. The lowest BCUT2D eigenvalue weighted by molar-refractivity contribution is 1.11. The fraction of sp³-hybridized carbons (Fsp3) is 0.0278. The molecule has 4 heterocycles. The van der Waals surface area contributed by atoms with E-state index < -0.39 is 0 Å². The van der Waals surface area contributed by atoms with Gasteiger partial charge in [-0.25, -0.2) is 4.99 Å². The lowest BCUT2D eigenvalue weighted by atomic mass is 9.97. The third-order valence-electron chi connectivity index (χ3n) is 8.69. The van der Waals surface area contributed by atoms with Crippen molar-refractivity contribution in [3.63, 3.8) is 0 Å². The summed E-state index contributed by atoms with van der Waals surface area (Å²) in [6.07, 6.45) is 8.51. The zero-order chi connectivity index (χ0) is 25.9. The fourth-order valence-electron chi connectivity index (χ4n) is 6.86. The van der Waals surface area contributed by atoms with E-state index in [2.05, 4.69) is 125 Å². The monoisotopic (exact) mass is 527 g/mol. The van der Waals surface area contributed by atoms with Gasteiger partial charge in [0, 0.05) is 31.6 Å². The van der Waals surface area contributed by atoms with E-state index in [9.17, 15) is 0 Å². The summed E-state index contributed by atoms with van der Waals surface area (Å²) in [6, 6.07) is 33.6. The quantitative estimate of drug-likeness (QED) is 0.226. The third-order valence-corrected chi connectivity index (χ3v) is 9.88. The van der Waals surface area contributed by atoms with Crippen LogP contribution in [0, 0.1) is 0 Å². The second kappa shape index (κ2) is 7.38. The van der Waals surface area contributed by atoms with Crippen molar-refractivity contribution in [2.75, 3.05) is 5.32 Å². The Bertz CT molecular complexity index is 2470. The SMILES string of the molecule is C1=CC2=Nc3c(c4cc(-c5ccc6ccccc6c5)cc5c6ccc7c8ccccc8sc7c6n3c45)NC2C=C1. The first-order chi connectivity index (χ1) is 19.8. The number of thiophene rings is 1. The van der Waals surface area contributed by atoms with Crippen LogP contribution in [0.2, 0.25) is 0 Å².